The highest BCUT2D eigenvalue weighted by Gasteiger charge is 2.25. The molecule has 0 aliphatic carbocycles. The number of hydrogen-bond donors (Lipinski definition) is 2. The van der Waals surface area contributed by atoms with E-state index in [1.54, 1.807) is 12.1 Å². The van der Waals surface area contributed by atoms with Gasteiger partial charge in [-0.1, -0.05) is 42.5 Å². The fourth-order valence-corrected chi connectivity index (χ4v) is 3.34. The lowest BCUT2D eigenvalue weighted by molar-refractivity contribution is -0.136. The number of phenolic OH excluding ortho intramolecular Hbond substituents is 1. The molecule has 0 saturated heterocycles. The largest absolute Gasteiger partial charge is 0.508 e. The zero-order valence-corrected chi connectivity index (χ0v) is 12.1. The molecule has 2 N–H and O–H groups in total. The van der Waals surface area contributed by atoms with Crippen molar-refractivity contribution in [2.24, 2.45) is 0 Å². The summed E-state index contributed by atoms with van der Waals surface area (Å²) >= 11 is 0. The molecule has 2 rings (SSSR count). The first kappa shape index (κ1) is 15.3. The molecule has 4 nitrogen and oxygen atoms in total. The van der Waals surface area contributed by atoms with Gasteiger partial charge in [-0.3, -0.25) is 9.00 Å². The topological polar surface area (TPSA) is 74.6 Å². The summed E-state index contributed by atoms with van der Waals surface area (Å²) in [7, 11) is -1.56. The number of carboxylic acids is 1. The van der Waals surface area contributed by atoms with Crippen LogP contribution >= 0.6 is 0 Å². The van der Waals surface area contributed by atoms with E-state index < -0.39 is 22.0 Å². The van der Waals surface area contributed by atoms with E-state index in [4.69, 9.17) is 0 Å². The second-order valence-corrected chi connectivity index (χ2v) is 6.33. The van der Waals surface area contributed by atoms with Crippen molar-refractivity contribution >= 4 is 16.8 Å². The van der Waals surface area contributed by atoms with E-state index in [1.807, 2.05) is 30.3 Å². The van der Waals surface area contributed by atoms with Crippen LogP contribution in [0.4, 0.5) is 0 Å². The van der Waals surface area contributed by atoms with Gasteiger partial charge in [0.15, 0.2) is 0 Å². The van der Waals surface area contributed by atoms with Crippen molar-refractivity contribution in [2.75, 3.05) is 0 Å². The van der Waals surface area contributed by atoms with E-state index in [9.17, 15) is 19.2 Å². The number of rotatable bonds is 6. The Morgan fingerprint density at radius 3 is 2.33 bits per heavy atom. The van der Waals surface area contributed by atoms with Crippen LogP contribution in [0.1, 0.15) is 11.1 Å². The van der Waals surface area contributed by atoms with E-state index in [2.05, 4.69) is 0 Å². The molecule has 2 atom stereocenters. The first-order valence-electron chi connectivity index (χ1n) is 6.48. The van der Waals surface area contributed by atoms with E-state index in [-0.39, 0.29) is 17.9 Å². The molecule has 0 fully saturated rings. The highest BCUT2D eigenvalue weighted by atomic mass is 32.2. The van der Waals surface area contributed by atoms with E-state index in [0.29, 0.717) is 5.56 Å². The van der Waals surface area contributed by atoms with E-state index >= 15 is 0 Å². The Bertz CT molecular complexity index is 640. The summed E-state index contributed by atoms with van der Waals surface area (Å²) in [6.45, 7) is 0. The monoisotopic (exact) mass is 304 g/mol. The lowest BCUT2D eigenvalue weighted by Gasteiger charge is -2.12. The molecule has 0 heterocycles. The van der Waals surface area contributed by atoms with Gasteiger partial charge in [0.1, 0.15) is 11.0 Å². The van der Waals surface area contributed by atoms with Gasteiger partial charge in [0.25, 0.3) is 0 Å². The van der Waals surface area contributed by atoms with Gasteiger partial charge in [0.05, 0.1) is 0 Å². The summed E-state index contributed by atoms with van der Waals surface area (Å²) in [4.78, 5) is 11.4. The lowest BCUT2D eigenvalue weighted by atomic mass is 10.1. The molecule has 0 aliphatic heterocycles. The lowest BCUT2D eigenvalue weighted by Crippen LogP contribution is -2.29. The minimum Gasteiger partial charge on any atom is -0.508 e. The van der Waals surface area contributed by atoms with Crippen LogP contribution < -0.4 is 0 Å². The summed E-state index contributed by atoms with van der Waals surface area (Å²) in [6, 6.07) is 15.5. The van der Waals surface area contributed by atoms with Crippen LogP contribution in [0.3, 0.4) is 0 Å². The zero-order valence-electron chi connectivity index (χ0n) is 11.3. The third-order valence-corrected chi connectivity index (χ3v) is 4.70. The van der Waals surface area contributed by atoms with Crippen molar-refractivity contribution < 1.29 is 19.2 Å². The van der Waals surface area contributed by atoms with Crippen molar-refractivity contribution in [2.45, 2.75) is 17.4 Å². The summed E-state index contributed by atoms with van der Waals surface area (Å²) in [5, 5.41) is 17.7. The van der Waals surface area contributed by atoms with Crippen molar-refractivity contribution in [3.63, 3.8) is 0 Å². The van der Waals surface area contributed by atoms with Crippen LogP contribution in [0.5, 0.6) is 5.75 Å². The van der Waals surface area contributed by atoms with Gasteiger partial charge in [-0.15, -0.1) is 0 Å². The second kappa shape index (κ2) is 7.04. The van der Waals surface area contributed by atoms with Crippen molar-refractivity contribution in [1.82, 2.24) is 0 Å². The van der Waals surface area contributed by atoms with Gasteiger partial charge in [0, 0.05) is 16.6 Å². The zero-order chi connectivity index (χ0) is 15.2. The molecule has 21 heavy (non-hydrogen) atoms. The molecule has 0 bridgehead atoms. The van der Waals surface area contributed by atoms with Crippen molar-refractivity contribution in [1.29, 1.82) is 0 Å². The molecular weight excluding hydrogens is 288 g/mol. The molecule has 2 aromatic carbocycles. The van der Waals surface area contributed by atoms with E-state index in [0.717, 1.165) is 5.56 Å². The van der Waals surface area contributed by atoms with Crippen LogP contribution in [0.2, 0.25) is 0 Å². The Morgan fingerprint density at radius 1 is 1.05 bits per heavy atom. The molecule has 0 saturated carbocycles. The molecule has 0 spiro atoms. The average molecular weight is 304 g/mol. The van der Waals surface area contributed by atoms with Gasteiger partial charge in [-0.2, -0.15) is 0 Å². The van der Waals surface area contributed by atoms with Gasteiger partial charge in [0.2, 0.25) is 0 Å². The number of aliphatic carboxylic acids is 1. The maximum Gasteiger partial charge on any atom is 0.319 e. The fourth-order valence-electron chi connectivity index (χ4n) is 2.03. The van der Waals surface area contributed by atoms with Crippen LogP contribution in [-0.4, -0.2) is 25.6 Å². The Morgan fingerprint density at radius 2 is 1.71 bits per heavy atom. The van der Waals surface area contributed by atoms with Gasteiger partial charge in [-0.05, 0) is 29.7 Å². The maximum atomic E-state index is 12.3. The molecule has 110 valence electrons. The van der Waals surface area contributed by atoms with Crippen LogP contribution in [0, 0.1) is 0 Å². The number of hydrogen-bond acceptors (Lipinski definition) is 3. The molecule has 2 aromatic rings. The number of benzene rings is 2. The van der Waals surface area contributed by atoms with Gasteiger partial charge in [-0.25, -0.2) is 0 Å². The predicted molar refractivity (Wildman–Crippen MR) is 81.5 cm³/mol. The van der Waals surface area contributed by atoms with Crippen LogP contribution in [0.25, 0.3) is 0 Å². The summed E-state index contributed by atoms with van der Waals surface area (Å²) in [5.41, 5.74) is 1.50. The quantitative estimate of drug-likeness (QED) is 0.859. The third kappa shape index (κ3) is 4.43. The second-order valence-electron chi connectivity index (χ2n) is 4.71. The maximum absolute atomic E-state index is 12.3. The molecule has 0 aliphatic rings. The highest BCUT2D eigenvalue weighted by molar-refractivity contribution is 7.85. The van der Waals surface area contributed by atoms with Crippen LogP contribution in [0.15, 0.2) is 54.6 Å². The normalized spacial score (nSPS) is 13.5. The molecule has 0 aromatic heterocycles. The first-order chi connectivity index (χ1) is 10.1. The van der Waals surface area contributed by atoms with Gasteiger partial charge >= 0.3 is 5.97 Å². The number of carboxylic acid groups (broad SMARTS) is 1. The number of carbonyl (C=O) groups is 1. The molecule has 0 amide bonds. The van der Waals surface area contributed by atoms with Crippen LogP contribution in [-0.2, 0) is 27.8 Å². The number of aromatic hydroxyl groups is 1. The van der Waals surface area contributed by atoms with E-state index in [1.165, 1.54) is 12.1 Å². The third-order valence-electron chi connectivity index (χ3n) is 3.08. The van der Waals surface area contributed by atoms with Crippen molar-refractivity contribution in [3.05, 3.63) is 65.7 Å². The standard InChI is InChI=1S/C16H16O4S/c17-14-8-4-7-13(9-14)11-21(20)15(16(18)19)10-12-5-2-1-3-6-12/h1-9,15,17H,10-11H2,(H,18,19). The predicted octanol–water partition coefficient (Wildman–Crippen LogP) is 2.34. The summed E-state index contributed by atoms with van der Waals surface area (Å²) < 4.78 is 12.3. The summed E-state index contributed by atoms with van der Waals surface area (Å²) in [6.07, 6.45) is 0.224. The summed E-state index contributed by atoms with van der Waals surface area (Å²) in [5.74, 6) is -0.880. The molecular formula is C16H16O4S. The highest BCUT2D eigenvalue weighted by Crippen LogP contribution is 2.16. The Kier molecular flexibility index (Phi) is 5.11. The minimum absolute atomic E-state index is 0.0828. The Hall–Kier alpha value is -2.14. The smallest absolute Gasteiger partial charge is 0.319 e. The Balaban J connectivity index is 2.11. The first-order valence-corrected chi connectivity index (χ1v) is 7.86. The number of phenols is 1. The minimum atomic E-state index is -1.56. The molecule has 5 heteroatoms. The van der Waals surface area contributed by atoms with Gasteiger partial charge < -0.3 is 10.2 Å². The SMILES string of the molecule is O=C(O)C(Cc1ccccc1)S(=O)Cc1cccc(O)c1. The fraction of sp³-hybridized carbons (Fsp3) is 0.188. The molecule has 0 radical (unpaired) electrons. The average Bonchev–Trinajstić information content (AvgIpc) is 2.45. The Labute approximate surface area is 125 Å². The molecule has 2 unspecified atom stereocenters. The van der Waals surface area contributed by atoms with Crippen molar-refractivity contribution in [3.8, 4) is 5.75 Å².